The molecule has 0 unspecified atom stereocenters. The molecule has 1 aliphatic rings. The summed E-state index contributed by atoms with van der Waals surface area (Å²) in [4.78, 5) is 2.35. The first-order chi connectivity index (χ1) is 11.8. The lowest BCUT2D eigenvalue weighted by molar-refractivity contribution is 0.310. The van der Waals surface area contributed by atoms with Gasteiger partial charge in [0, 0.05) is 43.6 Å². The van der Waals surface area contributed by atoms with Crippen LogP contribution in [0.5, 0.6) is 0 Å². The number of nitrogens with zero attached hydrogens (tertiary/aromatic N) is 6. The summed E-state index contributed by atoms with van der Waals surface area (Å²) < 4.78 is 3.85. The molecule has 7 heteroatoms. The van der Waals surface area contributed by atoms with Gasteiger partial charge in [-0.05, 0) is 5.56 Å². The van der Waals surface area contributed by atoms with Gasteiger partial charge in [-0.2, -0.15) is 5.10 Å². The Labute approximate surface area is 140 Å². The smallest absolute Gasteiger partial charge is 0.0826 e. The lowest BCUT2D eigenvalue weighted by atomic mass is 10.2. The maximum absolute atomic E-state index is 6.27. The molecule has 2 N–H and O–H groups in total. The first-order valence-electron chi connectivity index (χ1n) is 8.17. The van der Waals surface area contributed by atoms with Crippen LogP contribution in [0.4, 0.5) is 0 Å². The Morgan fingerprint density at radius 2 is 1.96 bits per heavy atom. The van der Waals surface area contributed by atoms with Crippen LogP contribution in [-0.4, -0.2) is 48.8 Å². The first kappa shape index (κ1) is 15.0. The molecule has 2 atom stereocenters. The number of aromatic nitrogens is 5. The van der Waals surface area contributed by atoms with Gasteiger partial charge in [0.25, 0.3) is 0 Å². The van der Waals surface area contributed by atoms with Crippen molar-refractivity contribution < 1.29 is 0 Å². The molecule has 7 nitrogen and oxygen atoms in total. The van der Waals surface area contributed by atoms with E-state index in [0.29, 0.717) is 0 Å². The minimum atomic E-state index is 0.0751. The van der Waals surface area contributed by atoms with Gasteiger partial charge >= 0.3 is 0 Å². The molecule has 0 bridgehead atoms. The van der Waals surface area contributed by atoms with Crippen LogP contribution in [-0.2, 0) is 13.1 Å². The van der Waals surface area contributed by atoms with Crippen LogP contribution >= 0.6 is 0 Å². The zero-order valence-corrected chi connectivity index (χ0v) is 13.4. The molecule has 3 aromatic rings. The summed E-state index contributed by atoms with van der Waals surface area (Å²) >= 11 is 0. The van der Waals surface area contributed by atoms with E-state index in [-0.39, 0.29) is 12.1 Å². The molecule has 124 valence electrons. The molecular formula is C17H21N7. The van der Waals surface area contributed by atoms with Crippen LogP contribution in [0, 0.1) is 0 Å². The second-order valence-electron chi connectivity index (χ2n) is 6.34. The summed E-state index contributed by atoms with van der Waals surface area (Å²) in [6.45, 7) is 3.39. The normalized spacial score (nSPS) is 21.4. The number of nitrogens with two attached hydrogens (primary N) is 1. The third kappa shape index (κ3) is 3.22. The lowest BCUT2D eigenvalue weighted by Gasteiger charge is -2.14. The molecule has 0 radical (unpaired) electrons. The Kier molecular flexibility index (Phi) is 4.10. The Morgan fingerprint density at radius 3 is 2.75 bits per heavy atom. The number of hydrogen-bond donors (Lipinski definition) is 1. The molecule has 24 heavy (non-hydrogen) atoms. The van der Waals surface area contributed by atoms with Crippen LogP contribution < -0.4 is 5.73 Å². The van der Waals surface area contributed by atoms with Crippen molar-refractivity contribution in [2.45, 2.75) is 25.2 Å². The highest BCUT2D eigenvalue weighted by Gasteiger charge is 2.32. The Balaban J connectivity index is 1.38. The SMILES string of the molecule is N[C@@H]1CN(Cc2cnn(Cc3ccccc3)c2)C[C@@H]1n1ccnn1. The van der Waals surface area contributed by atoms with Gasteiger partial charge in [0.15, 0.2) is 0 Å². The molecule has 1 aromatic carbocycles. The fourth-order valence-electron chi connectivity index (χ4n) is 3.30. The van der Waals surface area contributed by atoms with E-state index in [2.05, 4.69) is 50.8 Å². The highest BCUT2D eigenvalue weighted by molar-refractivity contribution is 5.15. The molecule has 0 spiro atoms. The summed E-state index contributed by atoms with van der Waals surface area (Å²) in [6.07, 6.45) is 7.63. The van der Waals surface area contributed by atoms with E-state index in [1.54, 1.807) is 6.20 Å². The van der Waals surface area contributed by atoms with Crippen molar-refractivity contribution in [3.05, 3.63) is 66.2 Å². The van der Waals surface area contributed by atoms with Crippen LogP contribution in [0.25, 0.3) is 0 Å². The van der Waals surface area contributed by atoms with Gasteiger partial charge in [-0.3, -0.25) is 9.58 Å². The van der Waals surface area contributed by atoms with E-state index in [0.717, 1.165) is 26.2 Å². The van der Waals surface area contributed by atoms with Gasteiger partial charge in [0.05, 0.1) is 25.0 Å². The lowest BCUT2D eigenvalue weighted by Crippen LogP contribution is -2.31. The minimum absolute atomic E-state index is 0.0751. The molecule has 0 saturated carbocycles. The number of rotatable bonds is 5. The van der Waals surface area contributed by atoms with Gasteiger partial charge in [-0.25, -0.2) is 4.68 Å². The van der Waals surface area contributed by atoms with E-state index in [1.807, 2.05) is 27.8 Å². The summed E-state index contributed by atoms with van der Waals surface area (Å²) in [6, 6.07) is 10.6. The standard InChI is InChI=1S/C17H21N7/c18-16-12-22(13-17(16)24-7-6-19-21-24)9-15-8-20-23(11-15)10-14-4-2-1-3-5-14/h1-8,11,16-17H,9-10,12-13,18H2/t16-,17+/m1/s1. The molecule has 4 rings (SSSR count). The topological polar surface area (TPSA) is 77.8 Å². The van der Waals surface area contributed by atoms with Gasteiger partial charge in [0.1, 0.15) is 0 Å². The second kappa shape index (κ2) is 6.54. The highest BCUT2D eigenvalue weighted by Crippen LogP contribution is 2.21. The Hall–Kier alpha value is -2.51. The number of likely N-dealkylation sites (tertiary alicyclic amines) is 1. The monoisotopic (exact) mass is 323 g/mol. The van der Waals surface area contributed by atoms with Crippen molar-refractivity contribution in [1.82, 2.24) is 29.7 Å². The fourth-order valence-corrected chi connectivity index (χ4v) is 3.30. The van der Waals surface area contributed by atoms with Crippen molar-refractivity contribution >= 4 is 0 Å². The molecule has 0 amide bonds. The minimum Gasteiger partial charge on any atom is -0.325 e. The van der Waals surface area contributed by atoms with Crippen LogP contribution in [0.15, 0.2) is 55.1 Å². The second-order valence-corrected chi connectivity index (χ2v) is 6.34. The maximum atomic E-state index is 6.27. The van der Waals surface area contributed by atoms with Gasteiger partial charge < -0.3 is 5.73 Å². The van der Waals surface area contributed by atoms with E-state index < -0.39 is 0 Å². The molecule has 1 saturated heterocycles. The molecule has 1 aliphatic heterocycles. The number of benzene rings is 1. The van der Waals surface area contributed by atoms with Crippen molar-refractivity contribution in [2.75, 3.05) is 13.1 Å². The quantitative estimate of drug-likeness (QED) is 0.755. The van der Waals surface area contributed by atoms with Crippen LogP contribution in [0.2, 0.25) is 0 Å². The Bertz CT molecular complexity index is 765. The zero-order chi connectivity index (χ0) is 16.4. The van der Waals surface area contributed by atoms with Crippen molar-refractivity contribution in [3.63, 3.8) is 0 Å². The van der Waals surface area contributed by atoms with E-state index in [4.69, 9.17) is 5.73 Å². The van der Waals surface area contributed by atoms with Crippen molar-refractivity contribution in [2.24, 2.45) is 5.73 Å². The van der Waals surface area contributed by atoms with Gasteiger partial charge in [0.2, 0.25) is 0 Å². The zero-order valence-electron chi connectivity index (χ0n) is 13.4. The number of hydrogen-bond acceptors (Lipinski definition) is 5. The molecular weight excluding hydrogens is 302 g/mol. The fraction of sp³-hybridized carbons (Fsp3) is 0.353. The summed E-state index contributed by atoms with van der Waals surface area (Å²) in [5.41, 5.74) is 8.73. The summed E-state index contributed by atoms with van der Waals surface area (Å²) in [5, 5.41) is 12.4. The molecule has 2 aromatic heterocycles. The van der Waals surface area contributed by atoms with Crippen molar-refractivity contribution in [3.8, 4) is 0 Å². The first-order valence-corrected chi connectivity index (χ1v) is 8.17. The van der Waals surface area contributed by atoms with E-state index in [9.17, 15) is 0 Å². The summed E-state index contributed by atoms with van der Waals surface area (Å²) in [7, 11) is 0. The third-order valence-corrected chi connectivity index (χ3v) is 4.47. The predicted molar refractivity (Wildman–Crippen MR) is 90.1 cm³/mol. The largest absolute Gasteiger partial charge is 0.325 e. The third-order valence-electron chi connectivity index (χ3n) is 4.47. The predicted octanol–water partition coefficient (Wildman–Crippen LogP) is 0.907. The molecule has 1 fully saturated rings. The average Bonchev–Trinajstić information content (AvgIpc) is 3.31. The highest BCUT2D eigenvalue weighted by atomic mass is 15.4. The van der Waals surface area contributed by atoms with E-state index >= 15 is 0 Å². The maximum Gasteiger partial charge on any atom is 0.0826 e. The molecule has 3 heterocycles. The van der Waals surface area contributed by atoms with Crippen molar-refractivity contribution in [1.29, 1.82) is 0 Å². The van der Waals surface area contributed by atoms with Crippen LogP contribution in [0.1, 0.15) is 17.2 Å². The Morgan fingerprint density at radius 1 is 1.08 bits per heavy atom. The van der Waals surface area contributed by atoms with Crippen LogP contribution in [0.3, 0.4) is 0 Å². The molecule has 0 aliphatic carbocycles. The summed E-state index contributed by atoms with van der Waals surface area (Å²) in [5.74, 6) is 0. The van der Waals surface area contributed by atoms with Gasteiger partial charge in [-0.1, -0.05) is 35.5 Å². The van der Waals surface area contributed by atoms with E-state index in [1.165, 1.54) is 11.1 Å². The average molecular weight is 323 g/mol. The van der Waals surface area contributed by atoms with Gasteiger partial charge in [-0.15, -0.1) is 5.10 Å².